The van der Waals surface area contributed by atoms with E-state index in [1.807, 2.05) is 0 Å². The largest absolute Gasteiger partial charge is 0.375 e. The van der Waals surface area contributed by atoms with E-state index in [0.29, 0.717) is 11.7 Å². The van der Waals surface area contributed by atoms with E-state index in [9.17, 15) is 4.79 Å². The third-order valence-corrected chi connectivity index (χ3v) is 2.68. The second-order valence-electron chi connectivity index (χ2n) is 2.70. The lowest BCUT2D eigenvalue weighted by molar-refractivity contribution is -0.133. The van der Waals surface area contributed by atoms with Crippen LogP contribution < -0.4 is 11.1 Å². The molecule has 1 amide bonds. The number of thiazole rings is 1. The number of nitrogens with zero attached hydrogens (tertiary/aromatic N) is 1. The van der Waals surface area contributed by atoms with Gasteiger partial charge in [0.25, 0.3) is 0 Å². The molecule has 6 heteroatoms. The maximum absolute atomic E-state index is 10.8. The van der Waals surface area contributed by atoms with Crippen molar-refractivity contribution >= 4 is 22.4 Å². The molecule has 1 fully saturated rings. The molecule has 0 bridgehead atoms. The molecule has 1 aliphatic rings. The van der Waals surface area contributed by atoms with Crippen LogP contribution in [0.1, 0.15) is 11.0 Å². The molecule has 70 valence electrons. The summed E-state index contributed by atoms with van der Waals surface area (Å²) in [6.45, 7) is 0.614. The third-order valence-electron chi connectivity index (χ3n) is 1.76. The first kappa shape index (κ1) is 8.46. The fraction of sp³-hybridized carbons (Fsp3) is 0.429. The molecule has 0 radical (unpaired) electrons. The molecule has 3 N–H and O–H groups in total. The van der Waals surface area contributed by atoms with Gasteiger partial charge in [-0.25, -0.2) is 4.98 Å². The summed E-state index contributed by atoms with van der Waals surface area (Å²) in [5.74, 6) is -0.0752. The van der Waals surface area contributed by atoms with Gasteiger partial charge in [-0.15, -0.1) is 0 Å². The Bertz CT molecular complexity index is 315. The Morgan fingerprint density at radius 1 is 1.77 bits per heavy atom. The van der Waals surface area contributed by atoms with Gasteiger partial charge in [0.1, 0.15) is 12.7 Å². The van der Waals surface area contributed by atoms with Crippen molar-refractivity contribution in [3.63, 3.8) is 0 Å². The number of amides is 1. The van der Waals surface area contributed by atoms with Gasteiger partial charge in [-0.2, -0.15) is 0 Å². The van der Waals surface area contributed by atoms with Gasteiger partial charge in [0.05, 0.1) is 4.88 Å². The first-order valence-electron chi connectivity index (χ1n) is 3.85. The quantitative estimate of drug-likeness (QED) is 0.662. The van der Waals surface area contributed by atoms with Crippen LogP contribution in [-0.4, -0.2) is 24.0 Å². The minimum absolute atomic E-state index is 0.0752. The van der Waals surface area contributed by atoms with E-state index >= 15 is 0 Å². The number of carbonyl (C=O) groups excluding carboxylic acids is 1. The monoisotopic (exact) mass is 199 g/mol. The predicted octanol–water partition coefficient (Wildman–Crippen LogP) is -0.0872. The SMILES string of the molecule is Nc1ncc(C2CNC(=O)CO2)s1. The number of rotatable bonds is 1. The highest BCUT2D eigenvalue weighted by atomic mass is 32.1. The van der Waals surface area contributed by atoms with Crippen LogP contribution in [0.3, 0.4) is 0 Å². The van der Waals surface area contributed by atoms with Gasteiger partial charge in [-0.05, 0) is 0 Å². The Morgan fingerprint density at radius 3 is 3.15 bits per heavy atom. The summed E-state index contributed by atoms with van der Waals surface area (Å²) in [7, 11) is 0. The zero-order valence-electron chi connectivity index (χ0n) is 6.82. The van der Waals surface area contributed by atoms with Gasteiger partial charge in [0.15, 0.2) is 5.13 Å². The van der Waals surface area contributed by atoms with Crippen LogP contribution in [0.15, 0.2) is 6.20 Å². The van der Waals surface area contributed by atoms with Crippen LogP contribution in [0.4, 0.5) is 5.13 Å². The molecule has 2 rings (SSSR count). The fourth-order valence-electron chi connectivity index (χ4n) is 1.13. The van der Waals surface area contributed by atoms with Crippen LogP contribution in [0.25, 0.3) is 0 Å². The molecule has 1 saturated heterocycles. The van der Waals surface area contributed by atoms with E-state index in [1.54, 1.807) is 6.20 Å². The molecule has 0 aromatic carbocycles. The van der Waals surface area contributed by atoms with E-state index in [4.69, 9.17) is 10.5 Å². The molecule has 13 heavy (non-hydrogen) atoms. The number of nitrogens with two attached hydrogens (primary N) is 1. The molecule has 1 aromatic rings. The summed E-state index contributed by atoms with van der Waals surface area (Å²) in [5.41, 5.74) is 5.48. The van der Waals surface area contributed by atoms with Crippen molar-refractivity contribution in [3.8, 4) is 0 Å². The van der Waals surface area contributed by atoms with E-state index < -0.39 is 0 Å². The predicted molar refractivity (Wildman–Crippen MR) is 48.2 cm³/mol. The van der Waals surface area contributed by atoms with E-state index in [0.717, 1.165) is 4.88 Å². The lowest BCUT2D eigenvalue weighted by Gasteiger charge is -2.21. The molecule has 0 spiro atoms. The van der Waals surface area contributed by atoms with Crippen molar-refractivity contribution in [1.82, 2.24) is 10.3 Å². The first-order valence-corrected chi connectivity index (χ1v) is 4.67. The van der Waals surface area contributed by atoms with Gasteiger partial charge in [-0.3, -0.25) is 4.79 Å². The van der Waals surface area contributed by atoms with Crippen molar-refractivity contribution in [2.24, 2.45) is 0 Å². The Balaban J connectivity index is 2.06. The number of anilines is 1. The average Bonchev–Trinajstić information content (AvgIpc) is 2.53. The molecule has 1 aliphatic heterocycles. The molecular formula is C7H9N3O2S. The third kappa shape index (κ3) is 1.78. The van der Waals surface area contributed by atoms with Crippen molar-refractivity contribution < 1.29 is 9.53 Å². The lowest BCUT2D eigenvalue weighted by atomic mass is 10.3. The number of carbonyl (C=O) groups is 1. The highest BCUT2D eigenvalue weighted by molar-refractivity contribution is 7.15. The fourth-order valence-corrected chi connectivity index (χ4v) is 1.86. The normalized spacial score (nSPS) is 22.8. The molecule has 1 aromatic heterocycles. The standard InChI is InChI=1S/C7H9N3O2S/c8-7-10-2-5(13-7)4-1-9-6(11)3-12-4/h2,4H,1,3H2,(H2,8,10)(H,9,11). The highest BCUT2D eigenvalue weighted by Gasteiger charge is 2.21. The van der Waals surface area contributed by atoms with Crippen LogP contribution >= 0.6 is 11.3 Å². The maximum Gasteiger partial charge on any atom is 0.246 e. The van der Waals surface area contributed by atoms with Crippen molar-refractivity contribution in [2.75, 3.05) is 18.9 Å². The second kappa shape index (κ2) is 3.31. The minimum Gasteiger partial charge on any atom is -0.375 e. The Hall–Kier alpha value is -1.14. The van der Waals surface area contributed by atoms with E-state index in [1.165, 1.54) is 11.3 Å². The van der Waals surface area contributed by atoms with Gasteiger partial charge in [0, 0.05) is 12.7 Å². The summed E-state index contributed by atoms with van der Waals surface area (Å²) in [5, 5.41) is 3.24. The van der Waals surface area contributed by atoms with Crippen molar-refractivity contribution in [1.29, 1.82) is 0 Å². The average molecular weight is 199 g/mol. The Kier molecular flexibility index (Phi) is 2.15. The van der Waals surface area contributed by atoms with Gasteiger partial charge < -0.3 is 15.8 Å². The summed E-state index contributed by atoms with van der Waals surface area (Å²) in [6.07, 6.45) is 1.59. The number of nitrogen functional groups attached to an aromatic ring is 1. The maximum atomic E-state index is 10.8. The summed E-state index contributed by atoms with van der Waals surface area (Å²) >= 11 is 1.39. The minimum atomic E-state index is -0.0903. The number of hydrogen-bond donors (Lipinski definition) is 2. The highest BCUT2D eigenvalue weighted by Crippen LogP contribution is 2.25. The molecule has 2 heterocycles. The number of hydrogen-bond acceptors (Lipinski definition) is 5. The van der Waals surface area contributed by atoms with Crippen molar-refractivity contribution in [3.05, 3.63) is 11.1 Å². The molecule has 1 unspecified atom stereocenters. The van der Waals surface area contributed by atoms with E-state index in [-0.39, 0.29) is 18.6 Å². The molecule has 5 nitrogen and oxygen atoms in total. The van der Waals surface area contributed by atoms with E-state index in [2.05, 4.69) is 10.3 Å². The second-order valence-corrected chi connectivity index (χ2v) is 3.80. The van der Waals surface area contributed by atoms with Crippen LogP contribution in [0.5, 0.6) is 0 Å². The molecule has 1 atom stereocenters. The van der Waals surface area contributed by atoms with Gasteiger partial charge >= 0.3 is 0 Å². The summed E-state index contributed by atoms with van der Waals surface area (Å²) in [4.78, 5) is 15.6. The lowest BCUT2D eigenvalue weighted by Crippen LogP contribution is -2.38. The molecular weight excluding hydrogens is 190 g/mol. The van der Waals surface area contributed by atoms with Crippen molar-refractivity contribution in [2.45, 2.75) is 6.10 Å². The number of aromatic nitrogens is 1. The number of nitrogens with one attached hydrogen (secondary N) is 1. The van der Waals surface area contributed by atoms with Gasteiger partial charge in [-0.1, -0.05) is 11.3 Å². The molecule has 0 aliphatic carbocycles. The van der Waals surface area contributed by atoms with Gasteiger partial charge in [0.2, 0.25) is 5.91 Å². The molecule has 0 saturated carbocycles. The van der Waals surface area contributed by atoms with Crippen LogP contribution in [0.2, 0.25) is 0 Å². The smallest absolute Gasteiger partial charge is 0.246 e. The zero-order chi connectivity index (χ0) is 9.26. The summed E-state index contributed by atoms with van der Waals surface area (Å²) < 4.78 is 5.29. The summed E-state index contributed by atoms with van der Waals surface area (Å²) in [6, 6.07) is 0. The Morgan fingerprint density at radius 2 is 2.62 bits per heavy atom. The number of morpholine rings is 1. The number of ether oxygens (including phenoxy) is 1. The van der Waals surface area contributed by atoms with Crippen LogP contribution in [0, 0.1) is 0 Å². The zero-order valence-corrected chi connectivity index (χ0v) is 7.63. The Labute approximate surface area is 78.9 Å². The topological polar surface area (TPSA) is 77.2 Å². The first-order chi connectivity index (χ1) is 6.25. The van der Waals surface area contributed by atoms with Crippen LogP contribution in [-0.2, 0) is 9.53 Å².